The van der Waals surface area contributed by atoms with Gasteiger partial charge in [0.1, 0.15) is 11.8 Å². The van der Waals surface area contributed by atoms with Gasteiger partial charge in [0, 0.05) is 0 Å². The lowest BCUT2D eigenvalue weighted by Gasteiger charge is -2.06. The molecule has 114 valence electrons. The highest BCUT2D eigenvalue weighted by atomic mass is 19.3. The van der Waals surface area contributed by atoms with Gasteiger partial charge >= 0.3 is 6.55 Å². The van der Waals surface area contributed by atoms with Crippen LogP contribution in [0.4, 0.5) is 8.78 Å². The van der Waals surface area contributed by atoms with E-state index in [9.17, 15) is 19.1 Å². The fraction of sp³-hybridized carbons (Fsp3) is 0.0588. The number of aromatic nitrogens is 2. The topological polar surface area (TPSA) is 61.8 Å². The molecule has 0 amide bonds. The summed E-state index contributed by atoms with van der Waals surface area (Å²) in [5.41, 5.74) is 1.29. The summed E-state index contributed by atoms with van der Waals surface area (Å²) in [7, 11) is 0. The predicted octanol–water partition coefficient (Wildman–Crippen LogP) is 4.20. The predicted molar refractivity (Wildman–Crippen MR) is 82.6 cm³/mol. The summed E-state index contributed by atoms with van der Waals surface area (Å²) in [6, 6.07) is 14.5. The fourth-order valence-electron chi connectivity index (χ4n) is 2.32. The zero-order valence-electron chi connectivity index (χ0n) is 11.8. The van der Waals surface area contributed by atoms with Crippen LogP contribution in [0.5, 0.6) is 5.75 Å². The number of aromatic hydroxyl groups is 1. The number of phenolic OH excluding ortho intramolecular Hbond substituents is 1. The van der Waals surface area contributed by atoms with Gasteiger partial charge in [-0.05, 0) is 35.9 Å². The van der Waals surface area contributed by atoms with Gasteiger partial charge in [0.15, 0.2) is 5.82 Å². The monoisotopic (exact) mass is 311 g/mol. The third-order valence-electron chi connectivity index (χ3n) is 3.36. The van der Waals surface area contributed by atoms with Crippen LogP contribution in [0.25, 0.3) is 22.7 Å². The molecule has 2 aromatic carbocycles. The smallest absolute Gasteiger partial charge is 0.320 e. The van der Waals surface area contributed by atoms with Gasteiger partial charge in [0.05, 0.1) is 16.6 Å². The molecule has 0 saturated heterocycles. The van der Waals surface area contributed by atoms with E-state index in [0.29, 0.717) is 11.1 Å². The van der Waals surface area contributed by atoms with Gasteiger partial charge < -0.3 is 5.11 Å². The number of rotatable bonds is 3. The number of benzene rings is 2. The van der Waals surface area contributed by atoms with Gasteiger partial charge in [-0.3, -0.25) is 4.57 Å². The number of hydrogen-bond acceptors (Lipinski definition) is 3. The standard InChI is InChI=1S/C17H11F2N3O/c18-17(19)22-15-4-2-1-3-14(15)21-16(22)12(10-20)9-11-5-7-13(23)8-6-11/h1-9,17,23H/b12-9+. The second-order valence-electron chi connectivity index (χ2n) is 4.83. The lowest BCUT2D eigenvalue weighted by molar-refractivity contribution is 0.0738. The Kier molecular flexibility index (Phi) is 3.77. The van der Waals surface area contributed by atoms with Crippen molar-refractivity contribution < 1.29 is 13.9 Å². The van der Waals surface area contributed by atoms with Crippen molar-refractivity contribution in [1.82, 2.24) is 9.55 Å². The maximum Gasteiger partial charge on any atom is 0.320 e. The molecule has 0 aliphatic rings. The first kappa shape index (κ1) is 14.7. The van der Waals surface area contributed by atoms with E-state index >= 15 is 0 Å². The maximum atomic E-state index is 13.4. The van der Waals surface area contributed by atoms with Crippen LogP contribution in [0.3, 0.4) is 0 Å². The summed E-state index contributed by atoms with van der Waals surface area (Å²) >= 11 is 0. The minimum Gasteiger partial charge on any atom is -0.508 e. The average Bonchev–Trinajstić information content (AvgIpc) is 2.93. The molecule has 3 aromatic rings. The molecule has 1 heterocycles. The highest BCUT2D eigenvalue weighted by molar-refractivity contribution is 5.91. The van der Waals surface area contributed by atoms with Gasteiger partial charge in [-0.15, -0.1) is 0 Å². The second-order valence-corrected chi connectivity index (χ2v) is 4.83. The zero-order chi connectivity index (χ0) is 16.4. The highest BCUT2D eigenvalue weighted by Gasteiger charge is 2.20. The largest absolute Gasteiger partial charge is 0.508 e. The van der Waals surface area contributed by atoms with E-state index in [-0.39, 0.29) is 22.7 Å². The molecule has 0 bridgehead atoms. The molecule has 1 N–H and O–H groups in total. The summed E-state index contributed by atoms with van der Waals surface area (Å²) < 4.78 is 27.6. The molecular weight excluding hydrogens is 300 g/mol. The third-order valence-corrected chi connectivity index (χ3v) is 3.36. The Morgan fingerprint density at radius 3 is 2.52 bits per heavy atom. The molecule has 1 aromatic heterocycles. The first-order chi connectivity index (χ1) is 11.1. The summed E-state index contributed by atoms with van der Waals surface area (Å²) in [6.45, 7) is -2.81. The number of fused-ring (bicyclic) bond motifs is 1. The van der Waals surface area contributed by atoms with E-state index in [1.165, 1.54) is 24.3 Å². The molecular formula is C17H11F2N3O. The van der Waals surface area contributed by atoms with Crippen LogP contribution in [0.1, 0.15) is 17.9 Å². The normalized spacial score (nSPS) is 11.8. The van der Waals surface area contributed by atoms with E-state index < -0.39 is 6.55 Å². The summed E-state index contributed by atoms with van der Waals surface area (Å²) in [6.07, 6.45) is 1.46. The number of hydrogen-bond donors (Lipinski definition) is 1. The molecule has 3 rings (SSSR count). The Labute approximate surface area is 130 Å². The van der Waals surface area contributed by atoms with E-state index in [4.69, 9.17) is 0 Å². The third kappa shape index (κ3) is 2.77. The number of alkyl halides is 2. The summed E-state index contributed by atoms with van der Waals surface area (Å²) in [5, 5.41) is 18.6. The van der Waals surface area contributed by atoms with Crippen molar-refractivity contribution in [3.8, 4) is 11.8 Å². The quantitative estimate of drug-likeness (QED) is 0.737. The van der Waals surface area contributed by atoms with Gasteiger partial charge in [-0.2, -0.15) is 14.0 Å². The molecule has 0 aliphatic carbocycles. The molecule has 0 spiro atoms. The van der Waals surface area contributed by atoms with Crippen molar-refractivity contribution in [1.29, 1.82) is 5.26 Å². The van der Waals surface area contributed by atoms with Crippen LogP contribution in [-0.2, 0) is 0 Å². The van der Waals surface area contributed by atoms with Gasteiger partial charge in [0.25, 0.3) is 0 Å². The van der Waals surface area contributed by atoms with Gasteiger partial charge in [0.2, 0.25) is 0 Å². The van der Waals surface area contributed by atoms with Crippen molar-refractivity contribution in [2.45, 2.75) is 6.55 Å². The van der Waals surface area contributed by atoms with Crippen LogP contribution in [0.2, 0.25) is 0 Å². The van der Waals surface area contributed by atoms with E-state index in [1.54, 1.807) is 30.3 Å². The van der Waals surface area contributed by atoms with Crippen molar-refractivity contribution >= 4 is 22.7 Å². The molecule has 4 nitrogen and oxygen atoms in total. The van der Waals surface area contributed by atoms with Gasteiger partial charge in [-0.25, -0.2) is 4.98 Å². The minimum absolute atomic E-state index is 0.0205. The summed E-state index contributed by atoms with van der Waals surface area (Å²) in [4.78, 5) is 4.16. The van der Waals surface area contributed by atoms with E-state index in [2.05, 4.69) is 4.98 Å². The molecule has 0 saturated carbocycles. The van der Waals surface area contributed by atoms with Crippen LogP contribution in [-0.4, -0.2) is 14.7 Å². The Hall–Kier alpha value is -3.20. The molecule has 6 heteroatoms. The minimum atomic E-state index is -2.81. The number of allylic oxidation sites excluding steroid dienone is 1. The number of nitriles is 1. The number of halogens is 2. The lowest BCUT2D eigenvalue weighted by Crippen LogP contribution is -2.03. The molecule has 23 heavy (non-hydrogen) atoms. The average molecular weight is 311 g/mol. The Bertz CT molecular complexity index is 921. The number of para-hydroxylation sites is 2. The molecule has 0 fully saturated rings. The maximum absolute atomic E-state index is 13.4. The molecule has 0 radical (unpaired) electrons. The van der Waals surface area contributed by atoms with E-state index in [1.807, 2.05) is 6.07 Å². The lowest BCUT2D eigenvalue weighted by atomic mass is 10.1. The number of nitrogens with zero attached hydrogens (tertiary/aromatic N) is 3. The Balaban J connectivity index is 2.19. The molecule has 0 aliphatic heterocycles. The van der Waals surface area contributed by atoms with Crippen LogP contribution in [0.15, 0.2) is 48.5 Å². The second kappa shape index (κ2) is 5.89. The Morgan fingerprint density at radius 1 is 1.17 bits per heavy atom. The first-order valence-corrected chi connectivity index (χ1v) is 6.76. The number of imidazole rings is 1. The van der Waals surface area contributed by atoms with Crippen LogP contribution < -0.4 is 0 Å². The van der Waals surface area contributed by atoms with Crippen LogP contribution >= 0.6 is 0 Å². The zero-order valence-corrected chi connectivity index (χ0v) is 11.8. The van der Waals surface area contributed by atoms with Crippen molar-refractivity contribution in [2.24, 2.45) is 0 Å². The SMILES string of the molecule is N#C/C(=C\c1ccc(O)cc1)c1nc2ccccc2n1C(F)F. The van der Waals surface area contributed by atoms with E-state index in [0.717, 1.165) is 4.57 Å². The van der Waals surface area contributed by atoms with Gasteiger partial charge in [-0.1, -0.05) is 24.3 Å². The van der Waals surface area contributed by atoms with Crippen molar-refractivity contribution in [3.63, 3.8) is 0 Å². The molecule has 0 unspecified atom stereocenters. The highest BCUT2D eigenvalue weighted by Crippen LogP contribution is 2.28. The van der Waals surface area contributed by atoms with Crippen LogP contribution in [0, 0.1) is 11.3 Å². The fourth-order valence-corrected chi connectivity index (χ4v) is 2.32. The summed E-state index contributed by atoms with van der Waals surface area (Å²) in [5.74, 6) is -0.00254. The van der Waals surface area contributed by atoms with Crippen molar-refractivity contribution in [3.05, 3.63) is 59.9 Å². The first-order valence-electron chi connectivity index (χ1n) is 6.76. The molecule has 0 atom stereocenters. The number of phenols is 1. The van der Waals surface area contributed by atoms with Crippen molar-refractivity contribution in [2.75, 3.05) is 0 Å². The Morgan fingerprint density at radius 2 is 1.87 bits per heavy atom.